The Hall–Kier alpha value is -1.93. The van der Waals surface area contributed by atoms with Gasteiger partial charge in [0.2, 0.25) is 15.9 Å². The number of benzene rings is 1. The maximum atomic E-state index is 13.0. The largest absolute Gasteiger partial charge is 0.462 e. The maximum absolute atomic E-state index is 13.0. The third kappa shape index (κ3) is 5.47. The first-order valence-corrected chi connectivity index (χ1v) is 12.8. The van der Waals surface area contributed by atoms with E-state index in [1.807, 2.05) is 0 Å². The van der Waals surface area contributed by atoms with E-state index in [4.69, 9.17) is 4.74 Å². The Labute approximate surface area is 185 Å². The number of rotatable bonds is 6. The van der Waals surface area contributed by atoms with Crippen LogP contribution in [0.2, 0.25) is 0 Å². The number of carbonyl (C=O) groups excluding carboxylic acids is 2. The number of ether oxygens (including phenoxy) is 1. The summed E-state index contributed by atoms with van der Waals surface area (Å²) in [6, 6.07) is 6.03. The van der Waals surface area contributed by atoms with E-state index in [2.05, 4.69) is 19.2 Å². The molecule has 31 heavy (non-hydrogen) atoms. The molecule has 3 rings (SSSR count). The van der Waals surface area contributed by atoms with Crippen molar-refractivity contribution in [3.63, 3.8) is 0 Å². The van der Waals surface area contributed by atoms with Crippen molar-refractivity contribution in [3.05, 3.63) is 29.8 Å². The van der Waals surface area contributed by atoms with Crippen LogP contribution in [-0.2, 0) is 19.6 Å². The fourth-order valence-electron chi connectivity index (χ4n) is 4.57. The zero-order chi connectivity index (χ0) is 22.6. The Kier molecular flexibility index (Phi) is 7.75. The van der Waals surface area contributed by atoms with E-state index in [9.17, 15) is 18.0 Å². The highest BCUT2D eigenvalue weighted by Gasteiger charge is 2.34. The predicted molar refractivity (Wildman–Crippen MR) is 118 cm³/mol. The third-order valence-corrected chi connectivity index (χ3v) is 8.78. The highest BCUT2D eigenvalue weighted by atomic mass is 32.2. The van der Waals surface area contributed by atoms with Gasteiger partial charge in [0.15, 0.2) is 0 Å². The monoisotopic (exact) mass is 450 g/mol. The average molecular weight is 451 g/mol. The molecule has 1 saturated carbocycles. The number of hydrogen-bond acceptors (Lipinski definition) is 5. The smallest absolute Gasteiger partial charge is 0.338 e. The quantitative estimate of drug-likeness (QED) is 0.672. The fraction of sp³-hybridized carbons (Fsp3) is 0.652. The molecular formula is C23H34N2O5S. The first kappa shape index (κ1) is 23.7. The highest BCUT2D eigenvalue weighted by molar-refractivity contribution is 7.89. The van der Waals surface area contributed by atoms with Crippen LogP contribution in [0.15, 0.2) is 29.2 Å². The molecule has 1 saturated heterocycles. The molecule has 0 spiro atoms. The van der Waals surface area contributed by atoms with Crippen LogP contribution in [0.4, 0.5) is 0 Å². The zero-order valence-corrected chi connectivity index (χ0v) is 19.5. The lowest BCUT2D eigenvalue weighted by molar-refractivity contribution is -0.127. The first-order valence-electron chi connectivity index (χ1n) is 11.3. The van der Waals surface area contributed by atoms with Crippen molar-refractivity contribution < 1.29 is 22.7 Å². The van der Waals surface area contributed by atoms with E-state index in [1.165, 1.54) is 35.0 Å². The van der Waals surface area contributed by atoms with E-state index < -0.39 is 16.0 Å². The molecule has 8 heteroatoms. The van der Waals surface area contributed by atoms with E-state index in [-0.39, 0.29) is 29.4 Å². The molecule has 3 unspecified atom stereocenters. The van der Waals surface area contributed by atoms with E-state index in [0.717, 1.165) is 12.8 Å². The lowest BCUT2D eigenvalue weighted by Gasteiger charge is -2.36. The second-order valence-electron chi connectivity index (χ2n) is 8.81. The van der Waals surface area contributed by atoms with Crippen LogP contribution in [-0.4, -0.2) is 50.3 Å². The number of nitrogens with zero attached hydrogens (tertiary/aromatic N) is 1. The molecule has 0 radical (unpaired) electrons. The third-order valence-electron chi connectivity index (χ3n) is 6.86. The molecule has 1 heterocycles. The first-order chi connectivity index (χ1) is 14.7. The van der Waals surface area contributed by atoms with Crippen molar-refractivity contribution in [2.24, 2.45) is 17.8 Å². The van der Waals surface area contributed by atoms with Gasteiger partial charge in [-0.1, -0.05) is 26.7 Å². The minimum absolute atomic E-state index is 0.0572. The summed E-state index contributed by atoms with van der Waals surface area (Å²) in [6.45, 7) is 7.06. The van der Waals surface area contributed by atoms with Crippen molar-refractivity contribution >= 4 is 21.9 Å². The normalized spacial score (nSPS) is 25.7. The van der Waals surface area contributed by atoms with Gasteiger partial charge in [0.05, 0.1) is 17.1 Å². The molecule has 1 aromatic rings. The summed E-state index contributed by atoms with van der Waals surface area (Å²) < 4.78 is 32.3. The summed E-state index contributed by atoms with van der Waals surface area (Å²) in [5, 5.41) is 3.23. The molecule has 7 nitrogen and oxygen atoms in total. The van der Waals surface area contributed by atoms with Crippen molar-refractivity contribution in [2.75, 3.05) is 19.7 Å². The van der Waals surface area contributed by atoms with Crippen molar-refractivity contribution in [2.45, 2.75) is 63.8 Å². The van der Waals surface area contributed by atoms with Gasteiger partial charge in [-0.15, -0.1) is 0 Å². The molecule has 1 amide bonds. The minimum Gasteiger partial charge on any atom is -0.462 e. The van der Waals surface area contributed by atoms with Gasteiger partial charge in [0, 0.05) is 25.0 Å². The summed E-state index contributed by atoms with van der Waals surface area (Å²) in [5.74, 6) is 0.515. The number of carbonyl (C=O) groups is 2. The Bertz CT molecular complexity index is 876. The Morgan fingerprint density at radius 2 is 1.71 bits per heavy atom. The number of amides is 1. The van der Waals surface area contributed by atoms with Crippen LogP contribution in [0.1, 0.15) is 63.2 Å². The SMILES string of the molecule is CCOC(=O)c1ccc(S(=O)(=O)N2CCC(C(=O)NC3CCCC(C)C3C)CC2)cc1. The van der Waals surface area contributed by atoms with Crippen LogP contribution >= 0.6 is 0 Å². The highest BCUT2D eigenvalue weighted by Crippen LogP contribution is 2.30. The van der Waals surface area contributed by atoms with Gasteiger partial charge < -0.3 is 10.1 Å². The maximum Gasteiger partial charge on any atom is 0.338 e. The molecule has 3 atom stereocenters. The molecule has 1 aliphatic heterocycles. The van der Waals surface area contributed by atoms with Gasteiger partial charge in [0.25, 0.3) is 0 Å². The summed E-state index contributed by atoms with van der Waals surface area (Å²) in [6.07, 6.45) is 4.41. The molecule has 2 fully saturated rings. The lowest BCUT2D eigenvalue weighted by Crippen LogP contribution is -2.48. The summed E-state index contributed by atoms with van der Waals surface area (Å²) in [5.41, 5.74) is 0.322. The fourth-order valence-corrected chi connectivity index (χ4v) is 6.04. The van der Waals surface area contributed by atoms with Gasteiger partial charge >= 0.3 is 5.97 Å². The van der Waals surface area contributed by atoms with Crippen molar-refractivity contribution in [3.8, 4) is 0 Å². The topological polar surface area (TPSA) is 92.8 Å². The van der Waals surface area contributed by atoms with Crippen LogP contribution in [0.3, 0.4) is 0 Å². The Morgan fingerprint density at radius 3 is 2.32 bits per heavy atom. The number of sulfonamides is 1. The van der Waals surface area contributed by atoms with Crippen molar-refractivity contribution in [1.82, 2.24) is 9.62 Å². The average Bonchev–Trinajstić information content (AvgIpc) is 2.77. The van der Waals surface area contributed by atoms with E-state index in [1.54, 1.807) is 6.92 Å². The summed E-state index contributed by atoms with van der Waals surface area (Å²) >= 11 is 0. The van der Waals surface area contributed by atoms with E-state index >= 15 is 0 Å². The molecule has 1 N–H and O–H groups in total. The summed E-state index contributed by atoms with van der Waals surface area (Å²) in [7, 11) is -3.66. The Morgan fingerprint density at radius 1 is 1.06 bits per heavy atom. The van der Waals surface area contributed by atoms with Crippen molar-refractivity contribution in [1.29, 1.82) is 0 Å². The van der Waals surface area contributed by atoms with Gasteiger partial charge in [0.1, 0.15) is 0 Å². The van der Waals surface area contributed by atoms with Crippen LogP contribution < -0.4 is 5.32 Å². The van der Waals surface area contributed by atoms with Crippen LogP contribution in [0.25, 0.3) is 0 Å². The molecule has 2 aliphatic rings. The predicted octanol–water partition coefficient (Wildman–Crippen LogP) is 3.20. The summed E-state index contributed by atoms with van der Waals surface area (Å²) in [4.78, 5) is 24.7. The van der Waals surface area contributed by atoms with Gasteiger partial charge in [-0.3, -0.25) is 4.79 Å². The molecule has 0 aromatic heterocycles. The van der Waals surface area contributed by atoms with Crippen LogP contribution in [0, 0.1) is 17.8 Å². The van der Waals surface area contributed by atoms with Gasteiger partial charge in [-0.2, -0.15) is 4.31 Å². The number of piperidine rings is 1. The molecule has 1 aromatic carbocycles. The molecule has 0 bridgehead atoms. The Balaban J connectivity index is 1.57. The van der Waals surface area contributed by atoms with E-state index in [0.29, 0.717) is 43.3 Å². The lowest BCUT2D eigenvalue weighted by atomic mass is 9.78. The van der Waals surface area contributed by atoms with Gasteiger partial charge in [-0.05, 0) is 62.3 Å². The van der Waals surface area contributed by atoms with Crippen LogP contribution in [0.5, 0.6) is 0 Å². The standard InChI is InChI=1S/C23H34N2O5S/c1-4-30-23(27)19-8-10-20(11-9-19)31(28,29)25-14-12-18(13-15-25)22(26)24-21-7-5-6-16(2)17(21)3/h8-11,16-18,21H,4-7,12-15H2,1-3H3,(H,24,26). The number of esters is 1. The minimum atomic E-state index is -3.66. The molecular weight excluding hydrogens is 416 g/mol. The molecule has 1 aliphatic carbocycles. The number of nitrogens with one attached hydrogen (secondary N) is 1. The second-order valence-corrected chi connectivity index (χ2v) is 10.7. The molecule has 172 valence electrons. The number of hydrogen-bond donors (Lipinski definition) is 1. The zero-order valence-electron chi connectivity index (χ0n) is 18.7. The second kappa shape index (κ2) is 10.1. The van der Waals surface area contributed by atoms with Gasteiger partial charge in [-0.25, -0.2) is 13.2 Å².